The summed E-state index contributed by atoms with van der Waals surface area (Å²) in [7, 11) is 0. The zero-order chi connectivity index (χ0) is 22.6. The van der Waals surface area contributed by atoms with Gasteiger partial charge in [-0.15, -0.1) is 0 Å². The van der Waals surface area contributed by atoms with Crippen LogP contribution in [0, 0.1) is 10.8 Å². The first kappa shape index (κ1) is 21.5. The third kappa shape index (κ3) is 4.16. The van der Waals surface area contributed by atoms with E-state index in [1.54, 1.807) is 0 Å². The number of nitrogens with one attached hydrogen (secondary N) is 1. The van der Waals surface area contributed by atoms with Crippen molar-refractivity contribution in [3.63, 3.8) is 0 Å². The Bertz CT molecular complexity index is 1060. The van der Waals surface area contributed by atoms with Gasteiger partial charge in [0, 0.05) is 31.0 Å². The van der Waals surface area contributed by atoms with Crippen LogP contribution >= 0.6 is 0 Å². The van der Waals surface area contributed by atoms with Crippen molar-refractivity contribution in [2.45, 2.75) is 83.7 Å². The van der Waals surface area contributed by atoms with Gasteiger partial charge in [0.05, 0.1) is 0 Å². The van der Waals surface area contributed by atoms with Gasteiger partial charge in [-0.2, -0.15) is 0 Å². The van der Waals surface area contributed by atoms with Crippen LogP contribution in [-0.2, 0) is 16.0 Å². The van der Waals surface area contributed by atoms with Crippen LogP contribution in [0.2, 0.25) is 0 Å². The van der Waals surface area contributed by atoms with Gasteiger partial charge in [-0.1, -0.05) is 63.2 Å². The van der Waals surface area contributed by atoms with Crippen LogP contribution in [0.1, 0.15) is 71.3 Å². The van der Waals surface area contributed by atoms with Gasteiger partial charge in [0.15, 0.2) is 0 Å². The fraction of sp³-hybridized carbons (Fsp3) is 0.571. The third-order valence-corrected chi connectivity index (χ3v) is 8.14. The van der Waals surface area contributed by atoms with Crippen LogP contribution in [0.4, 0.5) is 0 Å². The van der Waals surface area contributed by atoms with E-state index in [4.69, 9.17) is 0 Å². The molecule has 0 radical (unpaired) electrons. The zero-order valence-corrected chi connectivity index (χ0v) is 19.7. The third-order valence-electron chi connectivity index (χ3n) is 8.14. The fourth-order valence-electron chi connectivity index (χ4n) is 7.16. The van der Waals surface area contributed by atoms with E-state index in [1.165, 1.54) is 22.8 Å². The number of fused-ring (bicyclic) bond motifs is 3. The summed E-state index contributed by atoms with van der Waals surface area (Å²) in [4.78, 5) is 27.8. The summed E-state index contributed by atoms with van der Waals surface area (Å²) in [6, 6.07) is 15.3. The van der Waals surface area contributed by atoms with Crippen LogP contribution in [0.15, 0.2) is 42.5 Å². The van der Waals surface area contributed by atoms with Gasteiger partial charge in [0.2, 0.25) is 11.8 Å². The van der Waals surface area contributed by atoms with E-state index in [-0.39, 0.29) is 22.8 Å². The lowest BCUT2D eigenvalue weighted by atomic mass is 9.65. The number of nitrogens with zero attached hydrogens (tertiary/aromatic N) is 1. The molecule has 4 nitrogen and oxygen atoms in total. The molecule has 5 rings (SSSR count). The Hall–Kier alpha value is -2.36. The summed E-state index contributed by atoms with van der Waals surface area (Å²) in [5, 5.41) is 5.72. The fourth-order valence-corrected chi connectivity index (χ4v) is 7.16. The highest BCUT2D eigenvalue weighted by Gasteiger charge is 2.51. The Labute approximate surface area is 191 Å². The molecular formula is C28H36N2O2. The molecular weight excluding hydrogens is 396 g/mol. The normalized spacial score (nSPS) is 31.2. The second-order valence-electron chi connectivity index (χ2n) is 11.9. The summed E-state index contributed by atoms with van der Waals surface area (Å²) in [5.41, 5.74) is 1.48. The SMILES string of the molecule is CC1(C)C[C@@H]2C[C@](C)(CN2C(=O)CC[C@@]2(Cc3ccc4ccccc4c3)CCC(=O)N2)C1. The van der Waals surface area contributed by atoms with Crippen molar-refractivity contribution in [2.24, 2.45) is 10.8 Å². The van der Waals surface area contributed by atoms with Gasteiger partial charge in [-0.05, 0) is 65.7 Å². The first-order valence-electron chi connectivity index (χ1n) is 12.2. The zero-order valence-electron chi connectivity index (χ0n) is 19.7. The standard InChI is InChI=1S/C28H36N2O2/c1-26(2)16-23-17-27(3,18-26)19-30(23)25(32)11-13-28(12-10-24(31)29-28)15-20-8-9-21-6-4-5-7-22(21)14-20/h4-9,14,23H,10-13,15-19H2,1-3H3,(H,29,31)/t23-,27+,28-/m1/s1. The minimum atomic E-state index is -0.312. The Morgan fingerprint density at radius 2 is 1.88 bits per heavy atom. The molecule has 32 heavy (non-hydrogen) atoms. The second-order valence-corrected chi connectivity index (χ2v) is 11.9. The molecule has 2 bridgehead atoms. The molecule has 3 aliphatic rings. The monoisotopic (exact) mass is 432 g/mol. The Balaban J connectivity index is 1.30. The van der Waals surface area contributed by atoms with E-state index >= 15 is 0 Å². The molecule has 0 spiro atoms. The molecule has 2 saturated heterocycles. The lowest BCUT2D eigenvalue weighted by Gasteiger charge is -2.39. The van der Waals surface area contributed by atoms with E-state index in [2.05, 4.69) is 73.5 Å². The van der Waals surface area contributed by atoms with Crippen molar-refractivity contribution in [3.05, 3.63) is 48.0 Å². The maximum Gasteiger partial charge on any atom is 0.222 e. The first-order chi connectivity index (χ1) is 15.1. The van der Waals surface area contributed by atoms with E-state index in [9.17, 15) is 9.59 Å². The minimum Gasteiger partial charge on any atom is -0.350 e. The largest absolute Gasteiger partial charge is 0.350 e. The number of hydrogen-bond donors (Lipinski definition) is 1. The van der Waals surface area contributed by atoms with Crippen molar-refractivity contribution in [3.8, 4) is 0 Å². The van der Waals surface area contributed by atoms with Crippen LogP contribution < -0.4 is 5.32 Å². The molecule has 3 fully saturated rings. The number of hydrogen-bond acceptors (Lipinski definition) is 2. The smallest absolute Gasteiger partial charge is 0.222 e. The molecule has 170 valence electrons. The van der Waals surface area contributed by atoms with Crippen molar-refractivity contribution in [2.75, 3.05) is 6.54 Å². The number of carbonyl (C=O) groups excluding carboxylic acids is 2. The molecule has 3 atom stereocenters. The lowest BCUT2D eigenvalue weighted by Crippen LogP contribution is -2.45. The maximum atomic E-state index is 13.4. The summed E-state index contributed by atoms with van der Waals surface area (Å²) < 4.78 is 0. The molecule has 1 N–H and O–H groups in total. The highest BCUT2D eigenvalue weighted by Crippen LogP contribution is 2.52. The molecule has 2 heterocycles. The number of benzene rings is 2. The van der Waals surface area contributed by atoms with Gasteiger partial charge in [-0.25, -0.2) is 0 Å². The minimum absolute atomic E-state index is 0.115. The number of rotatable bonds is 5. The second kappa shape index (κ2) is 7.60. The average Bonchev–Trinajstić information content (AvgIpc) is 3.21. The molecule has 1 aliphatic carbocycles. The van der Waals surface area contributed by atoms with E-state index in [0.717, 1.165) is 32.2 Å². The molecule has 2 aromatic rings. The van der Waals surface area contributed by atoms with Crippen molar-refractivity contribution in [1.29, 1.82) is 0 Å². The molecule has 0 unspecified atom stereocenters. The molecule has 2 aliphatic heterocycles. The molecule has 4 heteroatoms. The van der Waals surface area contributed by atoms with Crippen molar-refractivity contribution >= 4 is 22.6 Å². The quantitative estimate of drug-likeness (QED) is 0.703. The van der Waals surface area contributed by atoms with Crippen LogP contribution in [0.25, 0.3) is 10.8 Å². The Morgan fingerprint density at radius 3 is 2.62 bits per heavy atom. The van der Waals surface area contributed by atoms with Gasteiger partial charge in [0.1, 0.15) is 0 Å². The topological polar surface area (TPSA) is 49.4 Å². The van der Waals surface area contributed by atoms with E-state index < -0.39 is 0 Å². The van der Waals surface area contributed by atoms with E-state index in [1.807, 2.05) is 0 Å². The van der Waals surface area contributed by atoms with Crippen LogP contribution in [0.3, 0.4) is 0 Å². The number of amides is 2. The summed E-state index contributed by atoms with van der Waals surface area (Å²) in [6.07, 6.45) is 6.82. The van der Waals surface area contributed by atoms with Gasteiger partial charge < -0.3 is 10.2 Å². The number of likely N-dealkylation sites (tertiary alicyclic amines) is 1. The summed E-state index contributed by atoms with van der Waals surface area (Å²) in [6.45, 7) is 7.94. The summed E-state index contributed by atoms with van der Waals surface area (Å²) in [5.74, 6) is 0.389. The van der Waals surface area contributed by atoms with Gasteiger partial charge in [0.25, 0.3) is 0 Å². The molecule has 2 aromatic carbocycles. The predicted molar refractivity (Wildman–Crippen MR) is 128 cm³/mol. The summed E-state index contributed by atoms with van der Waals surface area (Å²) >= 11 is 0. The Kier molecular flexibility index (Phi) is 5.11. The average molecular weight is 433 g/mol. The lowest BCUT2D eigenvalue weighted by molar-refractivity contribution is -0.133. The predicted octanol–water partition coefficient (Wildman–Crippen LogP) is 5.24. The number of carbonyl (C=O) groups is 2. The highest BCUT2D eigenvalue weighted by atomic mass is 16.2. The van der Waals surface area contributed by atoms with Crippen LogP contribution in [-0.4, -0.2) is 34.8 Å². The Morgan fingerprint density at radius 1 is 1.09 bits per heavy atom. The molecule has 0 aromatic heterocycles. The van der Waals surface area contributed by atoms with Gasteiger partial charge in [-0.3, -0.25) is 9.59 Å². The highest BCUT2D eigenvalue weighted by molar-refractivity contribution is 5.83. The molecule has 2 amide bonds. The van der Waals surface area contributed by atoms with Crippen LogP contribution in [0.5, 0.6) is 0 Å². The van der Waals surface area contributed by atoms with Gasteiger partial charge >= 0.3 is 0 Å². The van der Waals surface area contributed by atoms with E-state index in [0.29, 0.717) is 30.7 Å². The van der Waals surface area contributed by atoms with Crippen molar-refractivity contribution in [1.82, 2.24) is 10.2 Å². The maximum absolute atomic E-state index is 13.4. The first-order valence-corrected chi connectivity index (χ1v) is 12.2. The van der Waals surface area contributed by atoms with Crippen molar-refractivity contribution < 1.29 is 9.59 Å². The molecule has 1 saturated carbocycles.